The van der Waals surface area contributed by atoms with Gasteiger partial charge in [-0.25, -0.2) is 4.68 Å². The SMILES string of the molecule is Cc1cc(CNCC(C)C)ccc1-n1ccc(C(N)=O)n1. The van der Waals surface area contributed by atoms with Crippen LogP contribution in [0.2, 0.25) is 0 Å². The van der Waals surface area contributed by atoms with Gasteiger partial charge < -0.3 is 11.1 Å². The second kappa shape index (κ2) is 6.54. The maximum atomic E-state index is 11.1. The minimum Gasteiger partial charge on any atom is -0.364 e. The summed E-state index contributed by atoms with van der Waals surface area (Å²) in [7, 11) is 0. The van der Waals surface area contributed by atoms with Crippen LogP contribution in [-0.2, 0) is 6.54 Å². The summed E-state index contributed by atoms with van der Waals surface area (Å²) in [5.41, 5.74) is 8.80. The molecule has 0 unspecified atom stereocenters. The zero-order chi connectivity index (χ0) is 15.4. The van der Waals surface area contributed by atoms with Crippen molar-refractivity contribution < 1.29 is 4.79 Å². The van der Waals surface area contributed by atoms with Gasteiger partial charge in [0.1, 0.15) is 5.69 Å². The van der Waals surface area contributed by atoms with Crippen molar-refractivity contribution in [1.82, 2.24) is 15.1 Å². The summed E-state index contributed by atoms with van der Waals surface area (Å²) in [5.74, 6) is 0.127. The number of hydrogen-bond donors (Lipinski definition) is 2. The van der Waals surface area contributed by atoms with Crippen LogP contribution < -0.4 is 11.1 Å². The van der Waals surface area contributed by atoms with Gasteiger partial charge in [0, 0.05) is 12.7 Å². The molecule has 0 atom stereocenters. The molecule has 21 heavy (non-hydrogen) atoms. The molecule has 0 spiro atoms. The van der Waals surface area contributed by atoms with Crippen molar-refractivity contribution in [3.63, 3.8) is 0 Å². The summed E-state index contributed by atoms with van der Waals surface area (Å²) in [6.07, 6.45) is 1.75. The lowest BCUT2D eigenvalue weighted by molar-refractivity contribution is 0.0995. The predicted octanol–water partition coefficient (Wildman–Crippen LogP) is 2.03. The molecule has 0 aliphatic carbocycles. The highest BCUT2D eigenvalue weighted by Gasteiger charge is 2.08. The van der Waals surface area contributed by atoms with Crippen molar-refractivity contribution in [2.45, 2.75) is 27.3 Å². The molecule has 1 heterocycles. The molecule has 5 nitrogen and oxygen atoms in total. The number of amides is 1. The van der Waals surface area contributed by atoms with Crippen molar-refractivity contribution in [3.05, 3.63) is 47.3 Å². The van der Waals surface area contributed by atoms with E-state index in [1.165, 1.54) is 5.56 Å². The first-order valence-electron chi connectivity index (χ1n) is 7.13. The molecule has 3 N–H and O–H groups in total. The first-order chi connectivity index (χ1) is 9.97. The minimum absolute atomic E-state index is 0.275. The van der Waals surface area contributed by atoms with Crippen LogP contribution in [0.25, 0.3) is 5.69 Å². The highest BCUT2D eigenvalue weighted by atomic mass is 16.1. The predicted molar refractivity (Wildman–Crippen MR) is 83.4 cm³/mol. The number of carbonyl (C=O) groups is 1. The van der Waals surface area contributed by atoms with E-state index in [2.05, 4.69) is 36.4 Å². The fraction of sp³-hybridized carbons (Fsp3) is 0.375. The number of rotatable bonds is 6. The lowest BCUT2D eigenvalue weighted by Crippen LogP contribution is -2.19. The molecule has 0 radical (unpaired) electrons. The van der Waals surface area contributed by atoms with E-state index in [1.54, 1.807) is 16.9 Å². The number of benzene rings is 1. The quantitative estimate of drug-likeness (QED) is 0.853. The number of nitrogens with two attached hydrogens (primary N) is 1. The Kier molecular flexibility index (Phi) is 4.75. The maximum Gasteiger partial charge on any atom is 0.269 e. The number of hydrogen-bond acceptors (Lipinski definition) is 3. The second-order valence-corrected chi connectivity index (χ2v) is 5.66. The summed E-state index contributed by atoms with van der Waals surface area (Å²) in [5, 5.41) is 7.61. The van der Waals surface area contributed by atoms with E-state index in [9.17, 15) is 4.79 Å². The van der Waals surface area contributed by atoms with E-state index in [0.717, 1.165) is 24.3 Å². The summed E-state index contributed by atoms with van der Waals surface area (Å²) in [4.78, 5) is 11.1. The second-order valence-electron chi connectivity index (χ2n) is 5.66. The Morgan fingerprint density at radius 3 is 2.71 bits per heavy atom. The summed E-state index contributed by atoms with van der Waals surface area (Å²) in [6, 6.07) is 7.84. The first-order valence-corrected chi connectivity index (χ1v) is 7.13. The molecule has 0 saturated carbocycles. The van der Waals surface area contributed by atoms with Crippen LogP contribution in [0.1, 0.15) is 35.5 Å². The number of aromatic nitrogens is 2. The summed E-state index contributed by atoms with van der Waals surface area (Å²) in [6.45, 7) is 8.27. The van der Waals surface area contributed by atoms with Gasteiger partial charge in [-0.3, -0.25) is 4.79 Å². The number of carbonyl (C=O) groups excluding carboxylic acids is 1. The van der Waals surface area contributed by atoms with Crippen molar-refractivity contribution in [1.29, 1.82) is 0 Å². The van der Waals surface area contributed by atoms with E-state index < -0.39 is 5.91 Å². The fourth-order valence-corrected chi connectivity index (χ4v) is 2.18. The zero-order valence-electron chi connectivity index (χ0n) is 12.8. The average Bonchev–Trinajstić information content (AvgIpc) is 2.88. The molecule has 2 rings (SSSR count). The molecule has 1 aromatic heterocycles. The Morgan fingerprint density at radius 1 is 1.38 bits per heavy atom. The smallest absolute Gasteiger partial charge is 0.269 e. The topological polar surface area (TPSA) is 72.9 Å². The van der Waals surface area contributed by atoms with Gasteiger partial charge in [-0.1, -0.05) is 26.0 Å². The highest BCUT2D eigenvalue weighted by Crippen LogP contribution is 2.15. The lowest BCUT2D eigenvalue weighted by atomic mass is 10.1. The highest BCUT2D eigenvalue weighted by molar-refractivity contribution is 5.90. The van der Waals surface area contributed by atoms with Gasteiger partial charge >= 0.3 is 0 Å². The van der Waals surface area contributed by atoms with Crippen LogP contribution in [0.5, 0.6) is 0 Å². The monoisotopic (exact) mass is 286 g/mol. The summed E-state index contributed by atoms with van der Waals surface area (Å²) < 4.78 is 1.68. The van der Waals surface area contributed by atoms with Crippen LogP contribution >= 0.6 is 0 Å². The van der Waals surface area contributed by atoms with E-state index >= 15 is 0 Å². The Balaban J connectivity index is 2.13. The Hall–Kier alpha value is -2.14. The largest absolute Gasteiger partial charge is 0.364 e. The van der Waals surface area contributed by atoms with Gasteiger partial charge in [0.15, 0.2) is 0 Å². The molecule has 5 heteroatoms. The van der Waals surface area contributed by atoms with E-state index in [0.29, 0.717) is 5.92 Å². The third-order valence-corrected chi connectivity index (χ3v) is 3.23. The molecular formula is C16H22N4O. The molecule has 2 aromatic rings. The van der Waals surface area contributed by atoms with E-state index in [-0.39, 0.29) is 5.69 Å². The number of primary amides is 1. The van der Waals surface area contributed by atoms with Gasteiger partial charge in [0.05, 0.1) is 5.69 Å². The van der Waals surface area contributed by atoms with Crippen molar-refractivity contribution in [3.8, 4) is 5.69 Å². The van der Waals surface area contributed by atoms with Crippen LogP contribution in [0.3, 0.4) is 0 Å². The molecular weight excluding hydrogens is 264 g/mol. The van der Waals surface area contributed by atoms with Crippen LogP contribution in [0.4, 0.5) is 0 Å². The number of nitrogens with one attached hydrogen (secondary N) is 1. The van der Waals surface area contributed by atoms with Crippen molar-refractivity contribution >= 4 is 5.91 Å². The van der Waals surface area contributed by atoms with Crippen LogP contribution in [-0.4, -0.2) is 22.2 Å². The van der Waals surface area contributed by atoms with Crippen LogP contribution in [0.15, 0.2) is 30.5 Å². The minimum atomic E-state index is -0.513. The third kappa shape index (κ3) is 3.92. The van der Waals surface area contributed by atoms with Gasteiger partial charge in [-0.15, -0.1) is 0 Å². The fourth-order valence-electron chi connectivity index (χ4n) is 2.18. The zero-order valence-corrected chi connectivity index (χ0v) is 12.8. The molecule has 112 valence electrons. The third-order valence-electron chi connectivity index (χ3n) is 3.23. The van der Waals surface area contributed by atoms with Gasteiger partial charge in [-0.05, 0) is 42.6 Å². The van der Waals surface area contributed by atoms with E-state index in [1.807, 2.05) is 13.0 Å². The Bertz CT molecular complexity index is 631. The first kappa shape index (κ1) is 15.3. The normalized spacial score (nSPS) is 11.0. The molecule has 0 saturated heterocycles. The molecule has 0 fully saturated rings. The molecule has 1 amide bonds. The summed E-state index contributed by atoms with van der Waals surface area (Å²) >= 11 is 0. The Morgan fingerprint density at radius 2 is 2.14 bits per heavy atom. The molecule has 0 bridgehead atoms. The number of nitrogens with zero attached hydrogens (tertiary/aromatic N) is 2. The van der Waals surface area contributed by atoms with Crippen molar-refractivity contribution in [2.75, 3.05) is 6.54 Å². The van der Waals surface area contributed by atoms with Crippen LogP contribution in [0, 0.1) is 12.8 Å². The Labute approximate surface area is 125 Å². The lowest BCUT2D eigenvalue weighted by Gasteiger charge is -2.11. The van der Waals surface area contributed by atoms with Gasteiger partial charge in [0.2, 0.25) is 0 Å². The van der Waals surface area contributed by atoms with Gasteiger partial charge in [0.25, 0.3) is 5.91 Å². The molecule has 0 aliphatic rings. The van der Waals surface area contributed by atoms with E-state index in [4.69, 9.17) is 5.73 Å². The molecule has 0 aliphatic heterocycles. The molecule has 1 aromatic carbocycles. The van der Waals surface area contributed by atoms with Gasteiger partial charge in [-0.2, -0.15) is 5.10 Å². The van der Waals surface area contributed by atoms with Crippen molar-refractivity contribution in [2.24, 2.45) is 11.7 Å². The standard InChI is InChI=1S/C16H22N4O/c1-11(2)9-18-10-13-4-5-15(12(3)8-13)20-7-6-14(19-20)16(17)21/h4-8,11,18H,9-10H2,1-3H3,(H2,17,21). The maximum absolute atomic E-state index is 11.1. The number of aryl methyl sites for hydroxylation is 1. The average molecular weight is 286 g/mol.